The first-order valence-electron chi connectivity index (χ1n) is 9.32. The molecule has 0 amide bonds. The summed E-state index contributed by atoms with van der Waals surface area (Å²) in [5.41, 5.74) is 1.57. The first kappa shape index (κ1) is 18.5. The summed E-state index contributed by atoms with van der Waals surface area (Å²) in [7, 11) is 0. The molecule has 1 aliphatic rings. The van der Waals surface area contributed by atoms with Crippen LogP contribution in [0.4, 0.5) is 4.39 Å². The van der Waals surface area contributed by atoms with E-state index in [9.17, 15) is 4.39 Å². The van der Waals surface area contributed by atoms with Crippen molar-refractivity contribution in [3.05, 3.63) is 60.0 Å². The van der Waals surface area contributed by atoms with Gasteiger partial charge in [-0.3, -0.25) is 0 Å². The van der Waals surface area contributed by atoms with E-state index in [0.29, 0.717) is 17.4 Å². The normalized spacial score (nSPS) is 20.6. The minimum absolute atomic E-state index is 0.198. The van der Waals surface area contributed by atoms with Crippen LogP contribution >= 0.6 is 0 Å². The van der Waals surface area contributed by atoms with Crippen LogP contribution in [0.25, 0.3) is 0 Å². The van der Waals surface area contributed by atoms with Gasteiger partial charge in [-0.25, -0.2) is 4.39 Å². The minimum atomic E-state index is -0.198. The molecule has 1 aliphatic carbocycles. The van der Waals surface area contributed by atoms with Crippen molar-refractivity contribution >= 4 is 0 Å². The van der Waals surface area contributed by atoms with Gasteiger partial charge in [0.25, 0.3) is 0 Å². The molecule has 0 heterocycles. The quantitative estimate of drug-likeness (QED) is 0.320. The van der Waals surface area contributed by atoms with E-state index in [0.717, 1.165) is 18.4 Å². The molecule has 2 rings (SSSR count). The largest absolute Gasteiger partial charge is 0.206 e. The van der Waals surface area contributed by atoms with Crippen molar-refractivity contribution in [2.24, 2.45) is 11.8 Å². The first-order valence-corrected chi connectivity index (χ1v) is 9.32. The molecule has 0 aliphatic heterocycles. The van der Waals surface area contributed by atoms with Crippen LogP contribution in [-0.4, -0.2) is 0 Å². The number of halogens is 1. The molecular weight excluding hydrogens is 295 g/mol. The summed E-state index contributed by atoms with van der Waals surface area (Å²) in [4.78, 5) is 0. The first-order chi connectivity index (χ1) is 11.7. The Labute approximate surface area is 146 Å². The Bertz CT molecular complexity index is 607. The third-order valence-electron chi connectivity index (χ3n) is 4.91. The lowest BCUT2D eigenvalue weighted by molar-refractivity contribution is 0.357. The Morgan fingerprint density at radius 1 is 1.17 bits per heavy atom. The molecule has 0 unspecified atom stereocenters. The zero-order valence-electron chi connectivity index (χ0n) is 14.9. The standard InChI is InChI=1S/C23H29F/c1-3-5-6-10-21-16-17-22(23(24)18-21)11-8-7-9-20-14-12-19(4-2)13-15-20/h4,7,9,16-20H,2-3,5-6,10,12-15H2,1H3/b9-7+/t19-,20-. The fourth-order valence-corrected chi connectivity index (χ4v) is 3.27. The second kappa shape index (κ2) is 10.1. The van der Waals surface area contributed by atoms with Crippen LogP contribution in [0, 0.1) is 29.5 Å². The van der Waals surface area contributed by atoms with Crippen LogP contribution < -0.4 is 0 Å². The smallest absolute Gasteiger partial charge is 0.139 e. The van der Waals surface area contributed by atoms with Crippen LogP contribution in [0.15, 0.2) is 43.0 Å². The van der Waals surface area contributed by atoms with Gasteiger partial charge < -0.3 is 0 Å². The molecule has 1 aromatic carbocycles. The second-order valence-electron chi connectivity index (χ2n) is 6.81. The molecule has 0 N–H and O–H groups in total. The molecule has 0 nitrogen and oxygen atoms in total. The Balaban J connectivity index is 1.86. The topological polar surface area (TPSA) is 0 Å². The molecule has 0 bridgehead atoms. The van der Waals surface area contributed by atoms with E-state index in [2.05, 4.69) is 37.5 Å². The highest BCUT2D eigenvalue weighted by Gasteiger charge is 2.16. The zero-order chi connectivity index (χ0) is 17.2. The van der Waals surface area contributed by atoms with Crippen LogP contribution in [0.1, 0.15) is 63.0 Å². The zero-order valence-corrected chi connectivity index (χ0v) is 14.9. The van der Waals surface area contributed by atoms with E-state index in [4.69, 9.17) is 0 Å². The van der Waals surface area contributed by atoms with Crippen molar-refractivity contribution in [2.75, 3.05) is 0 Å². The lowest BCUT2D eigenvalue weighted by Crippen LogP contribution is -2.10. The van der Waals surface area contributed by atoms with Gasteiger partial charge in [0.05, 0.1) is 5.56 Å². The predicted molar refractivity (Wildman–Crippen MR) is 101 cm³/mol. The van der Waals surface area contributed by atoms with Gasteiger partial charge in [-0.2, -0.15) is 0 Å². The summed E-state index contributed by atoms with van der Waals surface area (Å²) < 4.78 is 14.1. The van der Waals surface area contributed by atoms with Crippen molar-refractivity contribution in [2.45, 2.75) is 58.3 Å². The lowest BCUT2D eigenvalue weighted by Gasteiger charge is -2.23. The van der Waals surface area contributed by atoms with Gasteiger partial charge in [0.1, 0.15) is 5.82 Å². The number of unbranched alkanes of at least 4 members (excludes halogenated alkanes) is 2. The van der Waals surface area contributed by atoms with Gasteiger partial charge in [-0.05, 0) is 74.1 Å². The average molecular weight is 324 g/mol. The van der Waals surface area contributed by atoms with E-state index in [1.54, 1.807) is 6.07 Å². The maximum Gasteiger partial charge on any atom is 0.139 e. The highest BCUT2D eigenvalue weighted by Crippen LogP contribution is 2.29. The van der Waals surface area contributed by atoms with Crippen LogP contribution in [-0.2, 0) is 6.42 Å². The SMILES string of the molecule is C=C[C@H]1CC[C@H](/C=C/C#Cc2ccc(CCCCC)cc2F)CC1. The molecule has 0 saturated heterocycles. The van der Waals surface area contributed by atoms with E-state index in [-0.39, 0.29) is 5.82 Å². The number of allylic oxidation sites excluding steroid dienone is 3. The number of benzene rings is 1. The maximum atomic E-state index is 14.1. The van der Waals surface area contributed by atoms with Crippen LogP contribution in [0.3, 0.4) is 0 Å². The summed E-state index contributed by atoms with van der Waals surface area (Å²) in [5.74, 6) is 7.04. The number of rotatable bonds is 6. The fourth-order valence-electron chi connectivity index (χ4n) is 3.27. The highest BCUT2D eigenvalue weighted by molar-refractivity contribution is 5.39. The Morgan fingerprint density at radius 3 is 2.58 bits per heavy atom. The van der Waals surface area contributed by atoms with E-state index < -0.39 is 0 Å². The summed E-state index contributed by atoms with van der Waals surface area (Å²) in [5, 5.41) is 0. The number of hydrogen-bond acceptors (Lipinski definition) is 0. The Morgan fingerprint density at radius 2 is 1.92 bits per heavy atom. The monoisotopic (exact) mass is 324 g/mol. The van der Waals surface area contributed by atoms with Crippen molar-refractivity contribution in [1.29, 1.82) is 0 Å². The molecule has 128 valence electrons. The maximum absolute atomic E-state index is 14.1. The van der Waals surface area contributed by atoms with Gasteiger partial charge >= 0.3 is 0 Å². The third kappa shape index (κ3) is 6.00. The molecule has 0 radical (unpaired) electrons. The van der Waals surface area contributed by atoms with Gasteiger partial charge in [0.15, 0.2) is 0 Å². The van der Waals surface area contributed by atoms with Crippen LogP contribution in [0.5, 0.6) is 0 Å². The van der Waals surface area contributed by atoms with Gasteiger partial charge in [-0.1, -0.05) is 49.8 Å². The number of aryl methyl sites for hydroxylation is 1. The molecule has 1 aromatic rings. The second-order valence-corrected chi connectivity index (χ2v) is 6.81. The molecule has 1 saturated carbocycles. The molecule has 1 heteroatoms. The third-order valence-corrected chi connectivity index (χ3v) is 4.91. The molecule has 0 aromatic heterocycles. The highest BCUT2D eigenvalue weighted by atomic mass is 19.1. The predicted octanol–water partition coefficient (Wildman–Crippen LogP) is 6.46. The summed E-state index contributed by atoms with van der Waals surface area (Å²) in [6.45, 7) is 6.06. The summed E-state index contributed by atoms with van der Waals surface area (Å²) >= 11 is 0. The molecule has 24 heavy (non-hydrogen) atoms. The van der Waals surface area contributed by atoms with Gasteiger partial charge in [-0.15, -0.1) is 6.58 Å². The average Bonchev–Trinajstić information content (AvgIpc) is 2.61. The van der Waals surface area contributed by atoms with Gasteiger partial charge in [0, 0.05) is 0 Å². The molecule has 0 atom stereocenters. The Hall–Kier alpha value is -1.81. The summed E-state index contributed by atoms with van der Waals surface area (Å²) in [6, 6.07) is 5.45. The fraction of sp³-hybridized carbons (Fsp3) is 0.478. The van der Waals surface area contributed by atoms with E-state index >= 15 is 0 Å². The molecule has 1 fully saturated rings. The molecular formula is C23H29F. The van der Waals surface area contributed by atoms with E-state index in [1.165, 1.54) is 38.5 Å². The van der Waals surface area contributed by atoms with Crippen molar-refractivity contribution in [1.82, 2.24) is 0 Å². The van der Waals surface area contributed by atoms with Crippen molar-refractivity contribution < 1.29 is 4.39 Å². The van der Waals surface area contributed by atoms with Crippen LogP contribution in [0.2, 0.25) is 0 Å². The van der Waals surface area contributed by atoms with Gasteiger partial charge in [0.2, 0.25) is 0 Å². The Kier molecular flexibility index (Phi) is 7.83. The van der Waals surface area contributed by atoms with Crippen molar-refractivity contribution in [3.8, 4) is 11.8 Å². The lowest BCUT2D eigenvalue weighted by atomic mass is 9.82. The number of hydrogen-bond donors (Lipinski definition) is 0. The summed E-state index contributed by atoms with van der Waals surface area (Å²) in [6.07, 6.45) is 15.5. The van der Waals surface area contributed by atoms with Crippen molar-refractivity contribution in [3.63, 3.8) is 0 Å². The minimum Gasteiger partial charge on any atom is -0.206 e. The van der Waals surface area contributed by atoms with E-state index in [1.807, 2.05) is 18.2 Å². The molecule has 0 spiro atoms.